The smallest absolute Gasteiger partial charge is 0.313 e. The van der Waals surface area contributed by atoms with E-state index >= 15 is 0 Å². The van der Waals surface area contributed by atoms with Crippen LogP contribution in [0.25, 0.3) is 0 Å². The average Bonchev–Trinajstić information content (AvgIpc) is 2.65. The number of nitrogens with one attached hydrogen (secondary N) is 1. The second kappa shape index (κ2) is 4.75. The van der Waals surface area contributed by atoms with Gasteiger partial charge < -0.3 is 15.4 Å². The molecule has 5 heteroatoms. The first-order chi connectivity index (χ1) is 10.7. The lowest BCUT2D eigenvalue weighted by molar-refractivity contribution is -0.788. The van der Waals surface area contributed by atoms with Gasteiger partial charge in [0.2, 0.25) is 0 Å². The Morgan fingerprint density at radius 1 is 1.04 bits per heavy atom. The summed E-state index contributed by atoms with van der Waals surface area (Å²) in [7, 11) is 0. The summed E-state index contributed by atoms with van der Waals surface area (Å²) in [6.45, 7) is 14.8. The molecule has 0 aromatic rings. The number of nitrogens with two attached hydrogens (primary N) is 1. The van der Waals surface area contributed by atoms with Crippen molar-refractivity contribution in [2.75, 3.05) is 0 Å². The largest absolute Gasteiger partial charge is 0.448 e. The van der Waals surface area contributed by atoms with E-state index < -0.39 is 16.4 Å². The lowest BCUT2D eigenvalue weighted by atomic mass is 9.66. The number of hydrogen-bond donors (Lipinski definition) is 2. The standard InChI is InChI=1S/C19H32N2O3/c1-15(2)10-12(11-16(3,4)21-15)20-13(22)19-9-8-18(7,14(23)24-19)17(19,5)6/h12,21H,8-11H2,1-7H3,(H,20,22)/p+1/t18-,19+/m1/s1. The fourth-order valence-electron chi connectivity index (χ4n) is 5.67. The van der Waals surface area contributed by atoms with Crippen molar-refractivity contribution in [2.45, 2.75) is 96.9 Å². The number of fused-ring (bicyclic) bond motifs is 2. The van der Waals surface area contributed by atoms with Crippen molar-refractivity contribution in [3.8, 4) is 0 Å². The third kappa shape index (κ3) is 2.23. The van der Waals surface area contributed by atoms with Gasteiger partial charge in [-0.2, -0.15) is 0 Å². The van der Waals surface area contributed by atoms with Crippen LogP contribution in [0.3, 0.4) is 0 Å². The number of ether oxygens (including phenoxy) is 1. The van der Waals surface area contributed by atoms with Crippen molar-refractivity contribution in [1.29, 1.82) is 0 Å². The van der Waals surface area contributed by atoms with E-state index in [4.69, 9.17) is 4.74 Å². The minimum Gasteiger partial charge on any atom is -0.448 e. The number of carbonyl (C=O) groups excluding carboxylic acids is 2. The molecule has 136 valence electrons. The molecule has 2 bridgehead atoms. The minimum absolute atomic E-state index is 0.0867. The fraction of sp³-hybridized carbons (Fsp3) is 0.895. The van der Waals surface area contributed by atoms with Crippen LogP contribution in [0.4, 0.5) is 0 Å². The third-order valence-corrected chi connectivity index (χ3v) is 7.11. The summed E-state index contributed by atoms with van der Waals surface area (Å²) in [6.07, 6.45) is 3.19. The molecule has 2 heterocycles. The van der Waals surface area contributed by atoms with Gasteiger partial charge in [-0.15, -0.1) is 0 Å². The van der Waals surface area contributed by atoms with Crippen molar-refractivity contribution in [3.05, 3.63) is 0 Å². The second-order valence-corrected chi connectivity index (χ2v) is 10.4. The summed E-state index contributed by atoms with van der Waals surface area (Å²) >= 11 is 0. The first-order valence-electron chi connectivity index (χ1n) is 9.16. The second-order valence-electron chi connectivity index (χ2n) is 10.4. The molecule has 3 rings (SSSR count). The summed E-state index contributed by atoms with van der Waals surface area (Å²) in [4.78, 5) is 25.6. The van der Waals surface area contributed by atoms with E-state index in [1.807, 2.05) is 20.8 Å². The zero-order valence-corrected chi connectivity index (χ0v) is 16.2. The molecule has 3 fully saturated rings. The van der Waals surface area contributed by atoms with Crippen LogP contribution in [-0.4, -0.2) is 34.6 Å². The van der Waals surface area contributed by atoms with E-state index in [1.165, 1.54) is 0 Å². The lowest BCUT2D eigenvalue weighted by Gasteiger charge is -2.44. The van der Waals surface area contributed by atoms with Crippen LogP contribution in [0.2, 0.25) is 0 Å². The van der Waals surface area contributed by atoms with Crippen LogP contribution in [0.1, 0.15) is 74.1 Å². The molecule has 5 nitrogen and oxygen atoms in total. The summed E-state index contributed by atoms with van der Waals surface area (Å²) in [6, 6.07) is 0.115. The van der Waals surface area contributed by atoms with Crippen LogP contribution in [-0.2, 0) is 14.3 Å². The first-order valence-corrected chi connectivity index (χ1v) is 9.16. The van der Waals surface area contributed by atoms with Crippen LogP contribution < -0.4 is 10.6 Å². The van der Waals surface area contributed by atoms with Gasteiger partial charge in [-0.25, -0.2) is 0 Å². The quantitative estimate of drug-likeness (QED) is 0.750. The molecule has 3 N–H and O–H groups in total. The molecule has 0 spiro atoms. The van der Waals surface area contributed by atoms with Gasteiger partial charge in [0.25, 0.3) is 5.91 Å². The molecule has 0 unspecified atom stereocenters. The Hall–Kier alpha value is -1.10. The number of quaternary nitrogens is 1. The highest BCUT2D eigenvalue weighted by Gasteiger charge is 2.75. The third-order valence-electron chi connectivity index (χ3n) is 7.11. The molecule has 0 radical (unpaired) electrons. The molecule has 2 atom stereocenters. The summed E-state index contributed by atoms with van der Waals surface area (Å²) in [5.41, 5.74) is -1.86. The van der Waals surface area contributed by atoms with E-state index in [-0.39, 0.29) is 29.0 Å². The molecule has 1 saturated carbocycles. The van der Waals surface area contributed by atoms with Crippen LogP contribution in [0.15, 0.2) is 0 Å². The van der Waals surface area contributed by atoms with Crippen molar-refractivity contribution in [3.63, 3.8) is 0 Å². The molecule has 1 aliphatic carbocycles. The average molecular weight is 337 g/mol. The number of amides is 1. The van der Waals surface area contributed by atoms with Crippen molar-refractivity contribution < 1.29 is 19.6 Å². The van der Waals surface area contributed by atoms with Gasteiger partial charge in [-0.05, 0) is 47.5 Å². The van der Waals surface area contributed by atoms with Crippen molar-refractivity contribution >= 4 is 11.9 Å². The maximum absolute atomic E-state index is 13.2. The van der Waals surface area contributed by atoms with E-state index in [2.05, 4.69) is 38.3 Å². The number of piperidine rings is 1. The summed E-state index contributed by atoms with van der Waals surface area (Å²) in [5.74, 6) is -0.313. The first kappa shape index (κ1) is 17.7. The molecule has 0 aromatic heterocycles. The van der Waals surface area contributed by atoms with Crippen molar-refractivity contribution in [1.82, 2.24) is 5.32 Å². The zero-order valence-electron chi connectivity index (χ0n) is 16.2. The van der Waals surface area contributed by atoms with E-state index in [0.717, 1.165) is 19.3 Å². The Balaban J connectivity index is 1.82. The van der Waals surface area contributed by atoms with Gasteiger partial charge in [0, 0.05) is 24.3 Å². The number of carbonyl (C=O) groups is 2. The molecule has 0 aromatic carbocycles. The summed E-state index contributed by atoms with van der Waals surface area (Å²) < 4.78 is 5.71. The lowest BCUT2D eigenvalue weighted by Crippen LogP contribution is -3.06. The van der Waals surface area contributed by atoms with E-state index in [9.17, 15) is 9.59 Å². The van der Waals surface area contributed by atoms with Crippen LogP contribution >= 0.6 is 0 Å². The molecule has 24 heavy (non-hydrogen) atoms. The monoisotopic (exact) mass is 337 g/mol. The Kier molecular flexibility index (Phi) is 3.50. The Morgan fingerprint density at radius 2 is 1.58 bits per heavy atom. The van der Waals surface area contributed by atoms with Gasteiger partial charge >= 0.3 is 5.97 Å². The Morgan fingerprint density at radius 3 is 2.00 bits per heavy atom. The molecule has 2 aliphatic heterocycles. The van der Waals surface area contributed by atoms with Gasteiger partial charge in [0.05, 0.1) is 16.5 Å². The normalized spacial score (nSPS) is 39.5. The molecular weight excluding hydrogens is 304 g/mol. The Bertz CT molecular complexity index is 579. The van der Waals surface area contributed by atoms with E-state index in [0.29, 0.717) is 6.42 Å². The molecule has 1 amide bonds. The maximum atomic E-state index is 13.2. The summed E-state index contributed by atoms with van der Waals surface area (Å²) in [5, 5.41) is 5.64. The Labute approximate surface area is 145 Å². The number of rotatable bonds is 2. The highest BCUT2D eigenvalue weighted by molar-refractivity contribution is 5.96. The minimum atomic E-state index is -1.01. The highest BCUT2D eigenvalue weighted by atomic mass is 16.6. The fourth-order valence-corrected chi connectivity index (χ4v) is 5.67. The van der Waals surface area contributed by atoms with Gasteiger partial charge in [0.1, 0.15) is 0 Å². The SMILES string of the molecule is CC1(C)CC(NC(=O)[C@]23CC[C@](C)(C(=O)O2)C3(C)C)CC(C)(C)[NH2+]1. The predicted molar refractivity (Wildman–Crippen MR) is 91.2 cm³/mol. The van der Waals surface area contributed by atoms with Crippen LogP contribution in [0, 0.1) is 10.8 Å². The van der Waals surface area contributed by atoms with Crippen molar-refractivity contribution in [2.24, 2.45) is 10.8 Å². The molecule has 2 saturated heterocycles. The molecular formula is C19H33N2O3+. The maximum Gasteiger partial charge on any atom is 0.313 e. The van der Waals surface area contributed by atoms with Crippen LogP contribution in [0.5, 0.6) is 0 Å². The van der Waals surface area contributed by atoms with Gasteiger partial charge in [-0.3, -0.25) is 9.59 Å². The number of esters is 1. The topological polar surface area (TPSA) is 72.0 Å². The van der Waals surface area contributed by atoms with Gasteiger partial charge in [0.15, 0.2) is 5.60 Å². The highest BCUT2D eigenvalue weighted by Crippen LogP contribution is 2.65. The molecule has 3 aliphatic rings. The number of hydrogen-bond acceptors (Lipinski definition) is 3. The van der Waals surface area contributed by atoms with E-state index in [1.54, 1.807) is 0 Å². The predicted octanol–water partition coefficient (Wildman–Crippen LogP) is 1.51. The van der Waals surface area contributed by atoms with Gasteiger partial charge in [-0.1, -0.05) is 13.8 Å². The zero-order chi connectivity index (χ0) is 18.2.